The molecule has 1 aliphatic rings. The first-order chi connectivity index (χ1) is 19.6. The molecule has 1 aromatic carbocycles. The molecule has 0 aliphatic heterocycles. The van der Waals surface area contributed by atoms with E-state index in [1.165, 1.54) is 19.3 Å². The fraction of sp³-hybridized carbons (Fsp3) is 0.697. The highest BCUT2D eigenvalue weighted by molar-refractivity contribution is 5.41. The number of aryl methyl sites for hydroxylation is 2. The van der Waals surface area contributed by atoms with Crippen LogP contribution >= 0.6 is 0 Å². The van der Waals surface area contributed by atoms with Crippen molar-refractivity contribution in [1.29, 1.82) is 0 Å². The molecule has 0 radical (unpaired) electrons. The Morgan fingerprint density at radius 1 is 0.750 bits per heavy atom. The van der Waals surface area contributed by atoms with Gasteiger partial charge in [0.1, 0.15) is 5.82 Å². The zero-order valence-corrected chi connectivity index (χ0v) is 24.8. The lowest BCUT2D eigenvalue weighted by atomic mass is 9.83. The Balaban J connectivity index is 1.39. The molecule has 1 atom stereocenters. The summed E-state index contributed by atoms with van der Waals surface area (Å²) in [6.45, 7) is 7.86. The van der Waals surface area contributed by atoms with E-state index < -0.39 is 11.6 Å². The molecule has 5 nitrogen and oxygen atoms in total. The summed E-state index contributed by atoms with van der Waals surface area (Å²) < 4.78 is 46.7. The average Bonchev–Trinajstić information content (AvgIpc) is 2.98. The molecule has 1 heterocycles. The van der Waals surface area contributed by atoms with Crippen LogP contribution in [0.2, 0.25) is 0 Å². The van der Waals surface area contributed by atoms with Crippen molar-refractivity contribution >= 4 is 0 Å². The molecule has 0 amide bonds. The predicted octanol–water partition coefficient (Wildman–Crippen LogP) is 8.31. The van der Waals surface area contributed by atoms with Gasteiger partial charge in [-0.2, -0.15) is 4.39 Å². The maximum Gasteiger partial charge on any atom is 0.200 e. The Kier molecular flexibility index (Phi) is 15.5. The minimum atomic E-state index is -0.892. The van der Waals surface area contributed by atoms with Gasteiger partial charge in [0.15, 0.2) is 11.6 Å². The van der Waals surface area contributed by atoms with Gasteiger partial charge in [-0.3, -0.25) is 0 Å². The lowest BCUT2D eigenvalue weighted by Crippen LogP contribution is -2.18. The van der Waals surface area contributed by atoms with Crippen LogP contribution in [0.15, 0.2) is 18.5 Å². The molecule has 0 fully saturated rings. The number of rotatable bonds is 21. The van der Waals surface area contributed by atoms with Crippen LogP contribution in [-0.4, -0.2) is 43.0 Å². The van der Waals surface area contributed by atoms with Crippen LogP contribution in [0.5, 0.6) is 5.75 Å². The normalized spacial score (nSPS) is 14.8. The third kappa shape index (κ3) is 11.0. The number of unbranched alkanes of at least 4 members (excludes halogenated alkanes) is 7. The van der Waals surface area contributed by atoms with Crippen molar-refractivity contribution in [3.63, 3.8) is 0 Å². The Morgan fingerprint density at radius 3 is 2.08 bits per heavy atom. The van der Waals surface area contributed by atoms with Gasteiger partial charge in [0.2, 0.25) is 5.82 Å². The molecule has 0 N–H and O–H groups in total. The fourth-order valence-electron chi connectivity index (χ4n) is 5.12. The SMILES string of the molecule is CCCCCCOCCCCCc1cnc(C2CCc3cc(OCCCCOCCCC)c(F)c(F)c3C2)nc1. The summed E-state index contributed by atoms with van der Waals surface area (Å²) in [7, 11) is 0. The second-order valence-corrected chi connectivity index (χ2v) is 11.0. The van der Waals surface area contributed by atoms with E-state index in [4.69, 9.17) is 14.2 Å². The van der Waals surface area contributed by atoms with E-state index in [0.29, 0.717) is 37.4 Å². The standard InChI is InChI=1S/C33H50F2N2O3/c1-3-5-7-10-18-39-19-11-8-9-14-26-24-36-33(37-25-26)28-16-15-27-23-30(32(35)31(34)29(27)22-28)40-21-13-12-20-38-17-6-4-2/h23-25,28H,3-22H2,1-2H3. The van der Waals surface area contributed by atoms with E-state index in [9.17, 15) is 4.39 Å². The largest absolute Gasteiger partial charge is 0.490 e. The van der Waals surface area contributed by atoms with E-state index >= 15 is 4.39 Å². The van der Waals surface area contributed by atoms with Crippen LogP contribution < -0.4 is 4.74 Å². The molecule has 3 rings (SSSR count). The average molecular weight is 561 g/mol. The highest BCUT2D eigenvalue weighted by Gasteiger charge is 2.28. The van der Waals surface area contributed by atoms with E-state index in [1.54, 1.807) is 6.07 Å². The number of halogens is 2. The molecule has 40 heavy (non-hydrogen) atoms. The molecule has 0 saturated heterocycles. The molecule has 7 heteroatoms. The fourth-order valence-corrected chi connectivity index (χ4v) is 5.12. The van der Waals surface area contributed by atoms with Crippen LogP contribution in [0.1, 0.15) is 119 Å². The maximum atomic E-state index is 15.0. The predicted molar refractivity (Wildman–Crippen MR) is 156 cm³/mol. The number of nitrogens with zero attached hydrogens (tertiary/aromatic N) is 2. The lowest BCUT2D eigenvalue weighted by molar-refractivity contribution is 0.123. The molecule has 0 spiro atoms. The van der Waals surface area contributed by atoms with Gasteiger partial charge in [-0.25, -0.2) is 14.4 Å². The molecule has 0 saturated carbocycles. The topological polar surface area (TPSA) is 53.5 Å². The molecule has 1 unspecified atom stereocenters. The zero-order valence-electron chi connectivity index (χ0n) is 24.8. The van der Waals surface area contributed by atoms with Gasteiger partial charge < -0.3 is 14.2 Å². The van der Waals surface area contributed by atoms with Crippen molar-refractivity contribution in [3.05, 3.63) is 52.6 Å². The molecule has 0 bridgehead atoms. The summed E-state index contributed by atoms with van der Waals surface area (Å²) in [6, 6.07) is 1.68. The number of aromatic nitrogens is 2. The molecule has 1 aromatic heterocycles. The molecule has 224 valence electrons. The van der Waals surface area contributed by atoms with E-state index in [1.807, 2.05) is 12.4 Å². The van der Waals surface area contributed by atoms with Crippen molar-refractivity contribution < 1.29 is 23.0 Å². The van der Waals surface area contributed by atoms with Crippen LogP contribution in [-0.2, 0) is 28.7 Å². The first-order valence-corrected chi connectivity index (χ1v) is 15.7. The van der Waals surface area contributed by atoms with E-state index in [2.05, 4.69) is 23.8 Å². The van der Waals surface area contributed by atoms with Gasteiger partial charge in [0.25, 0.3) is 0 Å². The molecular weight excluding hydrogens is 510 g/mol. The number of ether oxygens (including phenoxy) is 3. The van der Waals surface area contributed by atoms with Gasteiger partial charge in [0, 0.05) is 44.7 Å². The van der Waals surface area contributed by atoms with Gasteiger partial charge in [-0.1, -0.05) is 46.0 Å². The number of fused-ring (bicyclic) bond motifs is 1. The summed E-state index contributed by atoms with van der Waals surface area (Å²) in [5.41, 5.74) is 2.38. The molecule has 2 aromatic rings. The molecule has 1 aliphatic carbocycles. The summed E-state index contributed by atoms with van der Waals surface area (Å²) in [4.78, 5) is 9.21. The third-order valence-electron chi connectivity index (χ3n) is 7.65. The summed E-state index contributed by atoms with van der Waals surface area (Å²) in [6.07, 6.45) is 18.6. The van der Waals surface area contributed by atoms with Crippen molar-refractivity contribution in [1.82, 2.24) is 9.97 Å². The highest BCUT2D eigenvalue weighted by Crippen LogP contribution is 2.36. The summed E-state index contributed by atoms with van der Waals surface area (Å²) >= 11 is 0. The lowest BCUT2D eigenvalue weighted by Gasteiger charge is -2.25. The van der Waals surface area contributed by atoms with Crippen molar-refractivity contribution in [2.24, 2.45) is 0 Å². The number of hydrogen-bond acceptors (Lipinski definition) is 5. The quantitative estimate of drug-likeness (QED) is 0.144. The maximum absolute atomic E-state index is 15.0. The smallest absolute Gasteiger partial charge is 0.200 e. The number of benzene rings is 1. The Hall–Kier alpha value is -2.12. The minimum Gasteiger partial charge on any atom is -0.490 e. The summed E-state index contributed by atoms with van der Waals surface area (Å²) in [5, 5.41) is 0. The van der Waals surface area contributed by atoms with Crippen molar-refractivity contribution in [2.45, 2.75) is 116 Å². The van der Waals surface area contributed by atoms with Crippen LogP contribution in [0.25, 0.3) is 0 Å². The first kappa shape index (κ1) is 32.4. The Bertz CT molecular complexity index is 971. The highest BCUT2D eigenvalue weighted by atomic mass is 19.2. The van der Waals surface area contributed by atoms with Crippen LogP contribution in [0, 0.1) is 11.6 Å². The Labute approximate surface area is 240 Å². The third-order valence-corrected chi connectivity index (χ3v) is 7.65. The van der Waals surface area contributed by atoms with Crippen LogP contribution in [0.4, 0.5) is 8.78 Å². The van der Waals surface area contributed by atoms with Crippen LogP contribution in [0.3, 0.4) is 0 Å². The number of hydrogen-bond donors (Lipinski definition) is 0. The zero-order chi connectivity index (χ0) is 28.4. The van der Waals surface area contributed by atoms with Gasteiger partial charge in [-0.05, 0) is 87.0 Å². The minimum absolute atomic E-state index is 0.00981. The molecular formula is C33H50F2N2O3. The monoisotopic (exact) mass is 560 g/mol. The van der Waals surface area contributed by atoms with Crippen molar-refractivity contribution in [3.8, 4) is 5.75 Å². The van der Waals surface area contributed by atoms with Crippen molar-refractivity contribution in [2.75, 3.05) is 33.0 Å². The van der Waals surface area contributed by atoms with E-state index in [0.717, 1.165) is 95.2 Å². The van der Waals surface area contributed by atoms with Gasteiger partial charge in [-0.15, -0.1) is 0 Å². The van der Waals surface area contributed by atoms with E-state index in [-0.39, 0.29) is 11.7 Å². The second-order valence-electron chi connectivity index (χ2n) is 11.0. The van der Waals surface area contributed by atoms with Gasteiger partial charge >= 0.3 is 0 Å². The Morgan fingerprint density at radius 2 is 1.38 bits per heavy atom. The second kappa shape index (κ2) is 19.1. The first-order valence-electron chi connectivity index (χ1n) is 15.7. The van der Waals surface area contributed by atoms with Gasteiger partial charge in [0.05, 0.1) is 6.61 Å². The summed E-state index contributed by atoms with van der Waals surface area (Å²) in [5.74, 6) is -0.962.